The second-order valence-electron chi connectivity index (χ2n) is 6.28. The third-order valence-electron chi connectivity index (χ3n) is 4.06. The number of halogens is 1. The summed E-state index contributed by atoms with van der Waals surface area (Å²) in [5.74, 6) is -1.40. The molecule has 0 heterocycles. The van der Waals surface area contributed by atoms with Crippen LogP contribution in [0.5, 0.6) is 0 Å². The molecule has 1 atom stereocenters. The molecule has 0 fully saturated rings. The van der Waals surface area contributed by atoms with Crippen molar-refractivity contribution in [3.05, 3.63) is 64.7 Å². The summed E-state index contributed by atoms with van der Waals surface area (Å²) >= 11 is 6.06. The van der Waals surface area contributed by atoms with Crippen LogP contribution in [0.1, 0.15) is 29.3 Å². The van der Waals surface area contributed by atoms with Crippen molar-refractivity contribution in [2.45, 2.75) is 26.0 Å². The van der Waals surface area contributed by atoms with Gasteiger partial charge < -0.3 is 14.7 Å². The maximum Gasteiger partial charge on any atom is 0.411 e. The quantitative estimate of drug-likeness (QED) is 0.726. The normalized spacial score (nSPS) is 11.4. The standard InChI is InChI=1S/C20H21ClN2O5/c1-13(8-18(24)25)23(2)19(26)15-9-16(21)11-17(10-15)22-20(27)28-12-14-6-4-3-5-7-14/h3-7,9-11,13H,8,12H2,1-2H3,(H,22,27)(H,24,25)/t13-/m1/s1. The minimum absolute atomic E-state index is 0.106. The second kappa shape index (κ2) is 9.75. The molecule has 0 saturated carbocycles. The van der Waals surface area contributed by atoms with Gasteiger partial charge in [0.2, 0.25) is 0 Å². The number of hydrogen-bond acceptors (Lipinski definition) is 4. The van der Waals surface area contributed by atoms with Gasteiger partial charge in [0.1, 0.15) is 6.61 Å². The van der Waals surface area contributed by atoms with E-state index in [1.54, 1.807) is 6.92 Å². The number of hydrogen-bond donors (Lipinski definition) is 2. The first-order valence-electron chi connectivity index (χ1n) is 8.53. The lowest BCUT2D eigenvalue weighted by atomic mass is 10.1. The number of nitrogens with zero attached hydrogens (tertiary/aromatic N) is 1. The summed E-state index contributed by atoms with van der Waals surface area (Å²) in [5, 5.41) is 11.7. The molecule has 0 bridgehead atoms. The number of aliphatic carboxylic acids is 1. The first-order chi connectivity index (χ1) is 13.3. The molecule has 0 spiro atoms. The smallest absolute Gasteiger partial charge is 0.411 e. The lowest BCUT2D eigenvalue weighted by Gasteiger charge is -2.24. The number of rotatable bonds is 7. The zero-order chi connectivity index (χ0) is 20.7. The van der Waals surface area contributed by atoms with Gasteiger partial charge in [-0.15, -0.1) is 0 Å². The van der Waals surface area contributed by atoms with E-state index in [-0.39, 0.29) is 23.6 Å². The van der Waals surface area contributed by atoms with Gasteiger partial charge in [0.15, 0.2) is 0 Å². The lowest BCUT2D eigenvalue weighted by molar-refractivity contribution is -0.137. The van der Waals surface area contributed by atoms with E-state index in [0.717, 1.165) is 5.56 Å². The predicted molar refractivity (Wildman–Crippen MR) is 106 cm³/mol. The van der Waals surface area contributed by atoms with Crippen molar-refractivity contribution in [3.63, 3.8) is 0 Å². The summed E-state index contributed by atoms with van der Waals surface area (Å²) in [6.07, 6.45) is -0.864. The Labute approximate surface area is 167 Å². The fraction of sp³-hybridized carbons (Fsp3) is 0.250. The summed E-state index contributed by atoms with van der Waals surface area (Å²) in [5.41, 5.74) is 1.37. The van der Waals surface area contributed by atoms with Crippen molar-refractivity contribution in [2.24, 2.45) is 0 Å². The lowest BCUT2D eigenvalue weighted by Crippen LogP contribution is -2.36. The number of amides is 2. The Morgan fingerprint density at radius 2 is 1.86 bits per heavy atom. The molecule has 0 unspecified atom stereocenters. The van der Waals surface area contributed by atoms with Crippen molar-refractivity contribution < 1.29 is 24.2 Å². The van der Waals surface area contributed by atoms with Crippen molar-refractivity contribution in [1.82, 2.24) is 4.90 Å². The number of carboxylic acid groups (broad SMARTS) is 1. The Kier molecular flexibility index (Phi) is 7.40. The van der Waals surface area contributed by atoms with E-state index in [1.807, 2.05) is 30.3 Å². The molecule has 0 aliphatic carbocycles. The minimum atomic E-state index is -0.998. The molecule has 0 saturated heterocycles. The minimum Gasteiger partial charge on any atom is -0.481 e. The Hall–Kier alpha value is -3.06. The van der Waals surface area contributed by atoms with Crippen LogP contribution in [0, 0.1) is 0 Å². The number of nitrogens with one attached hydrogen (secondary N) is 1. The molecule has 2 rings (SSSR count). The zero-order valence-corrected chi connectivity index (χ0v) is 16.3. The largest absolute Gasteiger partial charge is 0.481 e. The molecular formula is C20H21ClN2O5. The van der Waals surface area contributed by atoms with Crippen molar-refractivity contribution >= 4 is 35.3 Å². The van der Waals surface area contributed by atoms with Gasteiger partial charge in [0, 0.05) is 29.4 Å². The SMILES string of the molecule is C[C@H](CC(=O)O)N(C)C(=O)c1cc(Cl)cc(NC(=O)OCc2ccccc2)c1. The number of carboxylic acids is 1. The molecule has 8 heteroatoms. The van der Waals surface area contributed by atoms with E-state index in [9.17, 15) is 14.4 Å². The van der Waals surface area contributed by atoms with Gasteiger partial charge in [-0.05, 0) is 30.7 Å². The van der Waals surface area contributed by atoms with E-state index in [2.05, 4.69) is 5.32 Å². The molecule has 2 amide bonds. The third kappa shape index (κ3) is 6.28. The third-order valence-corrected chi connectivity index (χ3v) is 4.27. The highest BCUT2D eigenvalue weighted by atomic mass is 35.5. The summed E-state index contributed by atoms with van der Waals surface area (Å²) in [4.78, 5) is 36.8. The number of benzene rings is 2. The molecular weight excluding hydrogens is 384 g/mol. The Morgan fingerprint density at radius 3 is 2.50 bits per heavy atom. The van der Waals surface area contributed by atoms with Crippen LogP contribution in [0.3, 0.4) is 0 Å². The van der Waals surface area contributed by atoms with Gasteiger partial charge in [0.05, 0.1) is 6.42 Å². The van der Waals surface area contributed by atoms with Crippen molar-refractivity contribution in [3.8, 4) is 0 Å². The molecule has 7 nitrogen and oxygen atoms in total. The molecule has 0 radical (unpaired) electrons. The first-order valence-corrected chi connectivity index (χ1v) is 8.91. The highest BCUT2D eigenvalue weighted by Crippen LogP contribution is 2.21. The molecule has 2 aromatic carbocycles. The summed E-state index contributed by atoms with van der Waals surface area (Å²) in [6, 6.07) is 13.1. The number of carbonyl (C=O) groups is 3. The van der Waals surface area contributed by atoms with Gasteiger partial charge in [0.25, 0.3) is 5.91 Å². The monoisotopic (exact) mass is 404 g/mol. The van der Waals surface area contributed by atoms with Crippen LogP contribution >= 0.6 is 11.6 Å². The van der Waals surface area contributed by atoms with Gasteiger partial charge in [-0.25, -0.2) is 4.79 Å². The Bertz CT molecular complexity index is 857. The van der Waals surface area contributed by atoms with Gasteiger partial charge in [-0.2, -0.15) is 0 Å². The number of carbonyl (C=O) groups excluding carboxylic acids is 2. The van der Waals surface area contributed by atoms with E-state index in [0.29, 0.717) is 5.69 Å². The average Bonchev–Trinajstić information content (AvgIpc) is 2.65. The van der Waals surface area contributed by atoms with Crippen molar-refractivity contribution in [2.75, 3.05) is 12.4 Å². The van der Waals surface area contributed by atoms with E-state index in [4.69, 9.17) is 21.4 Å². The highest BCUT2D eigenvalue weighted by molar-refractivity contribution is 6.31. The van der Waals surface area contributed by atoms with E-state index < -0.39 is 24.0 Å². The van der Waals surface area contributed by atoms with Gasteiger partial charge >= 0.3 is 12.1 Å². The molecule has 2 aromatic rings. The molecule has 148 valence electrons. The number of anilines is 1. The zero-order valence-electron chi connectivity index (χ0n) is 15.5. The number of ether oxygens (including phenoxy) is 1. The summed E-state index contributed by atoms with van der Waals surface area (Å²) < 4.78 is 5.15. The topological polar surface area (TPSA) is 95.9 Å². The van der Waals surface area contributed by atoms with Crippen LogP contribution in [0.2, 0.25) is 5.02 Å². The molecule has 28 heavy (non-hydrogen) atoms. The van der Waals surface area contributed by atoms with Gasteiger partial charge in [-0.3, -0.25) is 14.9 Å². The molecule has 0 aromatic heterocycles. The Balaban J connectivity index is 2.04. The molecule has 2 N–H and O–H groups in total. The predicted octanol–water partition coefficient (Wildman–Crippen LogP) is 4.02. The summed E-state index contributed by atoms with van der Waals surface area (Å²) in [7, 11) is 1.51. The van der Waals surface area contributed by atoms with Crippen molar-refractivity contribution in [1.29, 1.82) is 0 Å². The van der Waals surface area contributed by atoms with Gasteiger partial charge in [-0.1, -0.05) is 41.9 Å². The fourth-order valence-electron chi connectivity index (χ4n) is 2.46. The van der Waals surface area contributed by atoms with Crippen LogP contribution in [0.4, 0.5) is 10.5 Å². The Morgan fingerprint density at radius 1 is 1.18 bits per heavy atom. The van der Waals surface area contributed by atoms with E-state index >= 15 is 0 Å². The second-order valence-corrected chi connectivity index (χ2v) is 6.71. The van der Waals surface area contributed by atoms with Crippen LogP contribution in [-0.2, 0) is 16.1 Å². The maximum absolute atomic E-state index is 12.6. The fourth-order valence-corrected chi connectivity index (χ4v) is 2.69. The van der Waals surface area contributed by atoms with Crippen LogP contribution in [0.15, 0.2) is 48.5 Å². The summed E-state index contributed by atoms with van der Waals surface area (Å²) in [6.45, 7) is 1.74. The first kappa shape index (κ1) is 21.2. The van der Waals surface area contributed by atoms with Crippen LogP contribution < -0.4 is 5.32 Å². The highest BCUT2D eigenvalue weighted by Gasteiger charge is 2.20. The van der Waals surface area contributed by atoms with Crippen LogP contribution in [-0.4, -0.2) is 41.1 Å². The maximum atomic E-state index is 12.6. The van der Waals surface area contributed by atoms with E-state index in [1.165, 1.54) is 30.1 Å². The average molecular weight is 405 g/mol. The molecule has 0 aliphatic rings. The molecule has 0 aliphatic heterocycles. The van der Waals surface area contributed by atoms with Crippen LogP contribution in [0.25, 0.3) is 0 Å².